The van der Waals surface area contributed by atoms with Crippen LogP contribution < -0.4 is 9.47 Å². The molecule has 6 heteroatoms. The van der Waals surface area contributed by atoms with Gasteiger partial charge in [-0.25, -0.2) is 4.39 Å². The van der Waals surface area contributed by atoms with Gasteiger partial charge in [0.25, 0.3) is 0 Å². The van der Waals surface area contributed by atoms with Gasteiger partial charge in [-0.1, -0.05) is 0 Å². The second kappa shape index (κ2) is 4.84. The zero-order valence-corrected chi connectivity index (χ0v) is 12.4. The molecule has 0 saturated carbocycles. The van der Waals surface area contributed by atoms with Crippen LogP contribution in [0.25, 0.3) is 22.3 Å². The first-order valence-electron chi connectivity index (χ1n) is 6.59. The molecule has 1 aliphatic rings. The number of ether oxygens (including phenoxy) is 2. The van der Waals surface area contributed by atoms with Crippen LogP contribution in [0.3, 0.4) is 0 Å². The molecule has 2 aromatic carbocycles. The Morgan fingerprint density at radius 3 is 2.45 bits per heavy atom. The van der Waals surface area contributed by atoms with Gasteiger partial charge in [0.1, 0.15) is 11.4 Å². The second-order valence-electron chi connectivity index (χ2n) is 4.92. The van der Waals surface area contributed by atoms with Gasteiger partial charge in [-0.2, -0.15) is 0 Å². The van der Waals surface area contributed by atoms with Gasteiger partial charge < -0.3 is 13.9 Å². The molecule has 3 aromatic rings. The lowest BCUT2D eigenvalue weighted by Crippen LogP contribution is -1.93. The predicted molar refractivity (Wildman–Crippen MR) is 80.1 cm³/mol. The Hall–Kier alpha value is -2.34. The average Bonchev–Trinajstić information content (AvgIpc) is 3.08. The van der Waals surface area contributed by atoms with Crippen molar-refractivity contribution in [1.29, 1.82) is 0 Å². The van der Waals surface area contributed by atoms with Gasteiger partial charge in [-0.15, -0.1) is 0 Å². The summed E-state index contributed by atoms with van der Waals surface area (Å²) in [7, 11) is -1.27. The van der Waals surface area contributed by atoms with E-state index in [0.717, 1.165) is 0 Å². The monoisotopic (exact) mass is 318 g/mol. The Bertz CT molecular complexity index is 899. The maximum Gasteiger partial charge on any atom is 0.231 e. The lowest BCUT2D eigenvalue weighted by atomic mass is 10.1. The van der Waals surface area contributed by atoms with E-state index in [1.54, 1.807) is 30.5 Å². The summed E-state index contributed by atoms with van der Waals surface area (Å²) in [5, 5.41) is 0.712. The third kappa shape index (κ3) is 1.99. The zero-order chi connectivity index (χ0) is 15.3. The number of fused-ring (bicyclic) bond motifs is 2. The zero-order valence-electron chi connectivity index (χ0n) is 11.6. The van der Waals surface area contributed by atoms with E-state index in [1.165, 1.54) is 12.1 Å². The highest BCUT2D eigenvalue weighted by Crippen LogP contribution is 2.42. The summed E-state index contributed by atoms with van der Waals surface area (Å²) in [5.74, 6) is 1.34. The van der Waals surface area contributed by atoms with Crippen molar-refractivity contribution in [2.24, 2.45) is 0 Å². The SMILES string of the molecule is CS(=O)c1c(-c2ccc(F)cc2)oc2cc3c(cc12)OCO3. The molecule has 1 unspecified atom stereocenters. The maximum atomic E-state index is 13.1. The average molecular weight is 318 g/mol. The Morgan fingerprint density at radius 2 is 1.77 bits per heavy atom. The Morgan fingerprint density at radius 1 is 1.09 bits per heavy atom. The third-order valence-corrected chi connectivity index (χ3v) is 4.51. The molecule has 0 N–H and O–H groups in total. The summed E-state index contributed by atoms with van der Waals surface area (Å²) in [6.07, 6.45) is 1.59. The van der Waals surface area contributed by atoms with Crippen molar-refractivity contribution in [3.63, 3.8) is 0 Å². The number of hydrogen-bond acceptors (Lipinski definition) is 4. The summed E-state index contributed by atoms with van der Waals surface area (Å²) in [4.78, 5) is 0.569. The van der Waals surface area contributed by atoms with E-state index in [0.29, 0.717) is 38.7 Å². The van der Waals surface area contributed by atoms with Gasteiger partial charge in [0.05, 0.1) is 15.7 Å². The molecule has 1 aromatic heterocycles. The summed E-state index contributed by atoms with van der Waals surface area (Å²) < 4.78 is 41.8. The minimum absolute atomic E-state index is 0.164. The molecule has 0 amide bonds. The summed E-state index contributed by atoms with van der Waals surface area (Å²) in [6.45, 7) is 0.164. The van der Waals surface area contributed by atoms with Crippen molar-refractivity contribution in [2.75, 3.05) is 13.0 Å². The van der Waals surface area contributed by atoms with Crippen LogP contribution >= 0.6 is 0 Å². The van der Waals surface area contributed by atoms with Crippen LogP contribution in [0, 0.1) is 5.82 Å². The number of benzene rings is 2. The molecule has 0 radical (unpaired) electrons. The summed E-state index contributed by atoms with van der Waals surface area (Å²) >= 11 is 0. The molecule has 112 valence electrons. The summed E-state index contributed by atoms with van der Waals surface area (Å²) in [6, 6.07) is 9.38. The van der Waals surface area contributed by atoms with E-state index < -0.39 is 10.8 Å². The normalized spacial score (nSPS) is 14.5. The molecule has 4 rings (SSSR count). The maximum absolute atomic E-state index is 13.1. The van der Waals surface area contributed by atoms with E-state index in [2.05, 4.69) is 0 Å². The molecular formula is C16H11FO4S. The Balaban J connectivity index is 2.00. The van der Waals surface area contributed by atoms with Gasteiger partial charge in [-0.3, -0.25) is 4.21 Å². The van der Waals surface area contributed by atoms with Crippen molar-refractivity contribution in [3.05, 3.63) is 42.2 Å². The highest BCUT2D eigenvalue weighted by Gasteiger charge is 2.23. The number of furan rings is 1. The fourth-order valence-corrected chi connectivity index (χ4v) is 3.43. The number of hydrogen-bond donors (Lipinski definition) is 0. The van der Waals surface area contributed by atoms with Crippen molar-refractivity contribution in [3.8, 4) is 22.8 Å². The number of halogens is 1. The Labute approximate surface area is 127 Å². The van der Waals surface area contributed by atoms with Crippen LogP contribution in [0.2, 0.25) is 0 Å². The third-order valence-electron chi connectivity index (χ3n) is 3.53. The lowest BCUT2D eigenvalue weighted by molar-refractivity contribution is 0.174. The second-order valence-corrected chi connectivity index (χ2v) is 6.24. The molecule has 1 atom stereocenters. The summed E-state index contributed by atoms with van der Waals surface area (Å²) in [5.41, 5.74) is 1.23. The van der Waals surface area contributed by atoms with Crippen LogP contribution in [0.4, 0.5) is 4.39 Å². The highest BCUT2D eigenvalue weighted by atomic mass is 32.2. The van der Waals surface area contributed by atoms with Crippen LogP contribution in [0.5, 0.6) is 11.5 Å². The van der Waals surface area contributed by atoms with E-state index in [-0.39, 0.29) is 12.6 Å². The van der Waals surface area contributed by atoms with E-state index in [1.807, 2.05) is 0 Å². The van der Waals surface area contributed by atoms with E-state index in [4.69, 9.17) is 13.9 Å². The molecule has 22 heavy (non-hydrogen) atoms. The molecule has 0 saturated heterocycles. The largest absolute Gasteiger partial charge is 0.455 e. The first kappa shape index (κ1) is 13.3. The van der Waals surface area contributed by atoms with Crippen LogP contribution in [0.15, 0.2) is 45.7 Å². The van der Waals surface area contributed by atoms with Crippen LogP contribution in [-0.4, -0.2) is 17.3 Å². The molecule has 1 aliphatic heterocycles. The molecule has 4 nitrogen and oxygen atoms in total. The van der Waals surface area contributed by atoms with Crippen molar-refractivity contribution >= 4 is 21.8 Å². The lowest BCUT2D eigenvalue weighted by Gasteiger charge is -2.00. The molecule has 0 bridgehead atoms. The highest BCUT2D eigenvalue weighted by molar-refractivity contribution is 7.84. The first-order chi connectivity index (χ1) is 10.6. The van der Waals surface area contributed by atoms with Crippen LogP contribution in [-0.2, 0) is 10.8 Å². The smallest absolute Gasteiger partial charge is 0.231 e. The quantitative estimate of drug-likeness (QED) is 0.723. The Kier molecular flexibility index (Phi) is 2.94. The van der Waals surface area contributed by atoms with Gasteiger partial charge in [0.15, 0.2) is 17.3 Å². The van der Waals surface area contributed by atoms with Crippen molar-refractivity contribution in [1.82, 2.24) is 0 Å². The topological polar surface area (TPSA) is 48.7 Å². The fraction of sp³-hybridized carbons (Fsp3) is 0.125. The fourth-order valence-electron chi connectivity index (χ4n) is 2.54. The molecular weight excluding hydrogens is 307 g/mol. The van der Waals surface area contributed by atoms with Gasteiger partial charge in [0, 0.05) is 23.3 Å². The minimum atomic E-state index is -1.27. The minimum Gasteiger partial charge on any atom is -0.455 e. The van der Waals surface area contributed by atoms with Crippen LogP contribution in [0.1, 0.15) is 0 Å². The van der Waals surface area contributed by atoms with E-state index in [9.17, 15) is 8.60 Å². The molecule has 0 aliphatic carbocycles. The molecule has 0 fully saturated rings. The predicted octanol–water partition coefficient (Wildman–Crippen LogP) is 3.71. The van der Waals surface area contributed by atoms with Crippen molar-refractivity contribution in [2.45, 2.75) is 4.90 Å². The van der Waals surface area contributed by atoms with Crippen molar-refractivity contribution < 1.29 is 22.5 Å². The molecule has 0 spiro atoms. The van der Waals surface area contributed by atoms with E-state index >= 15 is 0 Å². The number of rotatable bonds is 2. The first-order valence-corrected chi connectivity index (χ1v) is 8.15. The standard InChI is InChI=1S/C16H11FO4S/c1-22(18)16-11-6-13-14(20-8-19-13)7-12(11)21-15(16)9-2-4-10(17)5-3-9/h2-7H,8H2,1H3. The van der Waals surface area contributed by atoms with Gasteiger partial charge >= 0.3 is 0 Å². The van der Waals surface area contributed by atoms with Gasteiger partial charge in [0.2, 0.25) is 6.79 Å². The molecule has 2 heterocycles. The van der Waals surface area contributed by atoms with Gasteiger partial charge in [-0.05, 0) is 30.3 Å².